The lowest BCUT2D eigenvalue weighted by molar-refractivity contribution is -0.124. The van der Waals surface area contributed by atoms with Crippen LogP contribution >= 0.6 is 11.6 Å². The summed E-state index contributed by atoms with van der Waals surface area (Å²) in [5, 5.41) is 0.611. The zero-order chi connectivity index (χ0) is 19.0. The highest BCUT2D eigenvalue weighted by Crippen LogP contribution is 2.34. The second-order valence-corrected chi connectivity index (χ2v) is 7.92. The van der Waals surface area contributed by atoms with E-state index in [4.69, 9.17) is 11.6 Å². The molecule has 27 heavy (non-hydrogen) atoms. The molecule has 0 spiro atoms. The summed E-state index contributed by atoms with van der Waals surface area (Å²) in [5.74, 6) is -0.0382. The maximum absolute atomic E-state index is 13.3. The van der Waals surface area contributed by atoms with Gasteiger partial charge in [-0.05, 0) is 62.1 Å². The van der Waals surface area contributed by atoms with Gasteiger partial charge in [0.2, 0.25) is 5.91 Å². The molecule has 4 nitrogen and oxygen atoms in total. The van der Waals surface area contributed by atoms with Crippen LogP contribution in [0.25, 0.3) is 0 Å². The number of halogens is 1. The molecule has 0 radical (unpaired) electrons. The Labute approximate surface area is 164 Å². The Kier molecular flexibility index (Phi) is 4.92. The quantitative estimate of drug-likeness (QED) is 0.782. The molecular formula is C22H23ClN2O2. The Morgan fingerprint density at radius 2 is 1.81 bits per heavy atom. The molecule has 0 unspecified atom stereocenters. The summed E-state index contributed by atoms with van der Waals surface area (Å²) in [6.07, 6.45) is 2.57. The van der Waals surface area contributed by atoms with Gasteiger partial charge in [-0.25, -0.2) is 0 Å². The molecule has 2 amide bonds. The van der Waals surface area contributed by atoms with Crippen LogP contribution in [0, 0.1) is 5.92 Å². The number of likely N-dealkylation sites (tertiary alicyclic amines) is 1. The van der Waals surface area contributed by atoms with Gasteiger partial charge >= 0.3 is 0 Å². The molecule has 0 bridgehead atoms. The van der Waals surface area contributed by atoms with Crippen LogP contribution in [0.1, 0.15) is 35.7 Å². The average molecular weight is 383 g/mol. The fraction of sp³-hybridized carbons (Fsp3) is 0.364. The average Bonchev–Trinajstić information content (AvgIpc) is 3.03. The third kappa shape index (κ3) is 3.46. The number of hydrogen-bond donors (Lipinski definition) is 0. The van der Waals surface area contributed by atoms with Gasteiger partial charge in [-0.1, -0.05) is 29.8 Å². The van der Waals surface area contributed by atoms with Crippen LogP contribution in [0.3, 0.4) is 0 Å². The summed E-state index contributed by atoms with van der Waals surface area (Å²) in [5.41, 5.74) is 2.87. The van der Waals surface area contributed by atoms with Crippen molar-refractivity contribution in [1.82, 2.24) is 4.90 Å². The third-order valence-corrected chi connectivity index (χ3v) is 5.85. The predicted molar refractivity (Wildman–Crippen MR) is 107 cm³/mol. The lowest BCUT2D eigenvalue weighted by Crippen LogP contribution is -2.48. The Balaban J connectivity index is 1.50. The van der Waals surface area contributed by atoms with Gasteiger partial charge in [0.05, 0.1) is 5.92 Å². The first-order chi connectivity index (χ1) is 13.0. The fourth-order valence-corrected chi connectivity index (χ4v) is 4.36. The first-order valence-electron chi connectivity index (χ1n) is 9.50. The molecule has 0 saturated carbocycles. The Bertz CT molecular complexity index is 865. The summed E-state index contributed by atoms with van der Waals surface area (Å²) in [6.45, 7) is 3.26. The highest BCUT2D eigenvalue weighted by atomic mass is 35.5. The van der Waals surface area contributed by atoms with Crippen molar-refractivity contribution in [2.45, 2.75) is 32.2 Å². The van der Waals surface area contributed by atoms with E-state index in [-0.39, 0.29) is 23.8 Å². The van der Waals surface area contributed by atoms with Crippen molar-refractivity contribution < 1.29 is 9.59 Å². The normalized spacial score (nSPS) is 21.9. The maximum atomic E-state index is 13.3. The number of fused-ring (bicyclic) bond motifs is 1. The largest absolute Gasteiger partial charge is 0.338 e. The molecule has 2 aromatic rings. The molecule has 140 valence electrons. The van der Waals surface area contributed by atoms with E-state index in [0.29, 0.717) is 23.7 Å². The van der Waals surface area contributed by atoms with E-state index in [1.807, 2.05) is 28.0 Å². The van der Waals surface area contributed by atoms with E-state index in [1.165, 1.54) is 5.56 Å². The van der Waals surface area contributed by atoms with Crippen molar-refractivity contribution in [3.8, 4) is 0 Å². The number of para-hydroxylation sites is 1. The molecule has 1 fully saturated rings. The van der Waals surface area contributed by atoms with Crippen LogP contribution in [0.4, 0.5) is 5.69 Å². The molecule has 2 heterocycles. The van der Waals surface area contributed by atoms with E-state index in [0.717, 1.165) is 24.9 Å². The number of carbonyl (C=O) groups excluding carboxylic acids is 2. The van der Waals surface area contributed by atoms with Gasteiger partial charge in [-0.3, -0.25) is 9.59 Å². The number of piperidine rings is 1. The predicted octanol–water partition coefficient (Wildman–Crippen LogP) is 4.17. The topological polar surface area (TPSA) is 40.6 Å². The second kappa shape index (κ2) is 7.35. The monoisotopic (exact) mass is 382 g/mol. The molecule has 1 saturated heterocycles. The Hall–Kier alpha value is -2.33. The molecule has 2 aliphatic heterocycles. The molecule has 5 heteroatoms. The third-order valence-electron chi connectivity index (χ3n) is 5.59. The minimum absolute atomic E-state index is 0.0287. The molecule has 0 aromatic heterocycles. The van der Waals surface area contributed by atoms with Crippen molar-refractivity contribution >= 4 is 29.1 Å². The lowest BCUT2D eigenvalue weighted by Gasteiger charge is -2.35. The van der Waals surface area contributed by atoms with Crippen molar-refractivity contribution in [2.75, 3.05) is 18.0 Å². The second-order valence-electron chi connectivity index (χ2n) is 7.49. The van der Waals surface area contributed by atoms with Crippen LogP contribution < -0.4 is 4.90 Å². The molecular weight excluding hydrogens is 360 g/mol. The number of rotatable bonds is 2. The highest BCUT2D eigenvalue weighted by Gasteiger charge is 2.37. The first kappa shape index (κ1) is 18.1. The summed E-state index contributed by atoms with van der Waals surface area (Å²) < 4.78 is 0. The van der Waals surface area contributed by atoms with E-state index in [2.05, 4.69) is 13.0 Å². The molecule has 2 atom stereocenters. The van der Waals surface area contributed by atoms with Gasteiger partial charge < -0.3 is 9.80 Å². The zero-order valence-electron chi connectivity index (χ0n) is 15.4. The van der Waals surface area contributed by atoms with E-state index in [9.17, 15) is 9.59 Å². The molecule has 4 rings (SSSR count). The first-order valence-corrected chi connectivity index (χ1v) is 9.88. The number of carbonyl (C=O) groups is 2. The van der Waals surface area contributed by atoms with Crippen molar-refractivity contribution in [1.29, 1.82) is 0 Å². The summed E-state index contributed by atoms with van der Waals surface area (Å²) >= 11 is 5.92. The van der Waals surface area contributed by atoms with Gasteiger partial charge in [0, 0.05) is 35.4 Å². The number of hydrogen-bond acceptors (Lipinski definition) is 2. The molecule has 2 aliphatic rings. The van der Waals surface area contributed by atoms with Crippen LogP contribution in [0.5, 0.6) is 0 Å². The number of benzene rings is 2. The van der Waals surface area contributed by atoms with Crippen LogP contribution in [0.15, 0.2) is 48.5 Å². The number of nitrogens with zero attached hydrogens (tertiary/aromatic N) is 2. The van der Waals surface area contributed by atoms with E-state index in [1.54, 1.807) is 24.3 Å². The smallest absolute Gasteiger partial charge is 0.253 e. The maximum Gasteiger partial charge on any atom is 0.253 e. The molecule has 2 aromatic carbocycles. The SMILES string of the molecule is C[C@H]1Cc2ccccc2N1C(=O)[C@H]1CCCN(C(=O)c2ccc(Cl)cc2)C1. The summed E-state index contributed by atoms with van der Waals surface area (Å²) in [7, 11) is 0. The fourth-order valence-electron chi connectivity index (χ4n) is 4.24. The number of amides is 2. The molecule has 0 N–H and O–H groups in total. The van der Waals surface area contributed by atoms with Gasteiger partial charge in [0.15, 0.2) is 0 Å². The van der Waals surface area contributed by atoms with Crippen molar-refractivity contribution in [3.05, 3.63) is 64.7 Å². The number of anilines is 1. The van der Waals surface area contributed by atoms with Gasteiger partial charge in [0.25, 0.3) is 5.91 Å². The molecule has 0 aliphatic carbocycles. The van der Waals surface area contributed by atoms with Gasteiger partial charge in [-0.2, -0.15) is 0 Å². The standard InChI is InChI=1S/C22H23ClN2O2/c1-15-13-17-5-2-3-7-20(17)25(15)22(27)18-6-4-12-24(14-18)21(26)16-8-10-19(23)11-9-16/h2-3,5,7-11,15,18H,4,6,12-14H2,1H3/t15-,18-/m0/s1. The van der Waals surface area contributed by atoms with Crippen LogP contribution in [-0.2, 0) is 11.2 Å². The van der Waals surface area contributed by atoms with Gasteiger partial charge in [-0.15, -0.1) is 0 Å². The van der Waals surface area contributed by atoms with Crippen LogP contribution in [0.2, 0.25) is 5.02 Å². The van der Waals surface area contributed by atoms with Crippen LogP contribution in [-0.4, -0.2) is 35.8 Å². The minimum Gasteiger partial charge on any atom is -0.338 e. The van der Waals surface area contributed by atoms with Crippen molar-refractivity contribution in [3.63, 3.8) is 0 Å². The van der Waals surface area contributed by atoms with Gasteiger partial charge in [0.1, 0.15) is 0 Å². The summed E-state index contributed by atoms with van der Waals surface area (Å²) in [4.78, 5) is 29.9. The highest BCUT2D eigenvalue weighted by molar-refractivity contribution is 6.30. The summed E-state index contributed by atoms with van der Waals surface area (Å²) in [6, 6.07) is 15.2. The van der Waals surface area contributed by atoms with E-state index < -0.39 is 0 Å². The van der Waals surface area contributed by atoms with Crippen molar-refractivity contribution in [2.24, 2.45) is 5.92 Å². The Morgan fingerprint density at radius 1 is 1.07 bits per heavy atom. The Morgan fingerprint density at radius 3 is 2.59 bits per heavy atom. The lowest BCUT2D eigenvalue weighted by atomic mass is 9.95. The zero-order valence-corrected chi connectivity index (χ0v) is 16.2. The van der Waals surface area contributed by atoms with E-state index >= 15 is 0 Å². The minimum atomic E-state index is -0.149.